The van der Waals surface area contributed by atoms with Gasteiger partial charge in [-0.1, -0.05) is 30.3 Å². The molecule has 0 heterocycles. The summed E-state index contributed by atoms with van der Waals surface area (Å²) < 4.78 is 5.08. The zero-order valence-electron chi connectivity index (χ0n) is 11.3. The summed E-state index contributed by atoms with van der Waals surface area (Å²) in [6.45, 7) is -0.226. The third-order valence-electron chi connectivity index (χ3n) is 3.69. The summed E-state index contributed by atoms with van der Waals surface area (Å²) in [5, 5.41) is 10.9. The van der Waals surface area contributed by atoms with Crippen molar-refractivity contribution in [3.8, 4) is 0 Å². The number of nitrogens with zero attached hydrogens (tertiary/aromatic N) is 1. The molecule has 0 N–H and O–H groups in total. The van der Waals surface area contributed by atoms with Crippen LogP contribution >= 0.6 is 0 Å². The SMILES string of the molecule is COC1=CC(=O)C(C(C[N+](=O)[O-])c2ccccc2)CC1. The molecule has 20 heavy (non-hydrogen) atoms. The summed E-state index contributed by atoms with van der Waals surface area (Å²) in [7, 11) is 1.53. The highest BCUT2D eigenvalue weighted by molar-refractivity contribution is 5.93. The number of ketones is 1. The molecule has 0 saturated heterocycles. The highest BCUT2D eigenvalue weighted by Crippen LogP contribution is 2.33. The van der Waals surface area contributed by atoms with E-state index in [4.69, 9.17) is 4.74 Å². The fourth-order valence-electron chi connectivity index (χ4n) is 2.66. The molecule has 0 amide bonds. The largest absolute Gasteiger partial charge is 0.501 e. The van der Waals surface area contributed by atoms with Crippen LogP contribution < -0.4 is 0 Å². The summed E-state index contributed by atoms with van der Waals surface area (Å²) in [6.07, 6.45) is 2.71. The molecule has 1 aromatic carbocycles. The van der Waals surface area contributed by atoms with Crippen molar-refractivity contribution < 1.29 is 14.5 Å². The Morgan fingerprint density at radius 2 is 2.10 bits per heavy atom. The number of hydrogen-bond acceptors (Lipinski definition) is 4. The summed E-state index contributed by atoms with van der Waals surface area (Å²) in [5.74, 6) is -0.155. The Balaban J connectivity index is 2.26. The van der Waals surface area contributed by atoms with Gasteiger partial charge in [0.15, 0.2) is 5.78 Å². The Bertz CT molecular complexity index is 524. The van der Waals surface area contributed by atoms with E-state index in [1.807, 2.05) is 30.3 Å². The molecule has 0 saturated carbocycles. The molecule has 0 radical (unpaired) electrons. The van der Waals surface area contributed by atoms with Crippen molar-refractivity contribution in [1.82, 2.24) is 0 Å². The molecule has 1 aliphatic rings. The van der Waals surface area contributed by atoms with E-state index in [-0.39, 0.29) is 29.1 Å². The lowest BCUT2D eigenvalue weighted by Gasteiger charge is -2.26. The lowest BCUT2D eigenvalue weighted by atomic mass is 9.78. The first kappa shape index (κ1) is 14.2. The van der Waals surface area contributed by atoms with Crippen LogP contribution in [0.15, 0.2) is 42.2 Å². The van der Waals surface area contributed by atoms with Gasteiger partial charge in [-0.25, -0.2) is 0 Å². The van der Waals surface area contributed by atoms with Crippen LogP contribution in [0.2, 0.25) is 0 Å². The molecule has 0 spiro atoms. The topological polar surface area (TPSA) is 69.4 Å². The number of rotatable bonds is 5. The van der Waals surface area contributed by atoms with Gasteiger partial charge in [0.25, 0.3) is 0 Å². The zero-order valence-corrected chi connectivity index (χ0v) is 11.3. The quantitative estimate of drug-likeness (QED) is 0.611. The van der Waals surface area contributed by atoms with Crippen molar-refractivity contribution in [1.29, 1.82) is 0 Å². The zero-order chi connectivity index (χ0) is 14.5. The van der Waals surface area contributed by atoms with E-state index < -0.39 is 0 Å². The van der Waals surface area contributed by atoms with Crippen LogP contribution in [0.5, 0.6) is 0 Å². The van der Waals surface area contributed by atoms with Crippen LogP contribution in [0, 0.1) is 16.0 Å². The van der Waals surface area contributed by atoms with E-state index in [2.05, 4.69) is 0 Å². The number of allylic oxidation sites excluding steroid dienone is 2. The van der Waals surface area contributed by atoms with Gasteiger partial charge in [0, 0.05) is 23.3 Å². The minimum atomic E-state index is -0.381. The minimum Gasteiger partial charge on any atom is -0.501 e. The Morgan fingerprint density at radius 1 is 1.40 bits per heavy atom. The lowest BCUT2D eigenvalue weighted by Crippen LogP contribution is -2.29. The number of benzene rings is 1. The molecule has 1 aromatic rings. The second-order valence-corrected chi connectivity index (χ2v) is 4.89. The summed E-state index contributed by atoms with van der Waals surface area (Å²) >= 11 is 0. The van der Waals surface area contributed by atoms with Gasteiger partial charge in [-0.2, -0.15) is 0 Å². The molecule has 2 unspecified atom stereocenters. The number of nitro groups is 1. The Kier molecular flexibility index (Phi) is 4.50. The molecule has 2 atom stereocenters. The van der Waals surface area contributed by atoms with Crippen LogP contribution in [0.25, 0.3) is 0 Å². The van der Waals surface area contributed by atoms with Crippen LogP contribution in [0.3, 0.4) is 0 Å². The van der Waals surface area contributed by atoms with Crippen LogP contribution in [-0.4, -0.2) is 24.4 Å². The average Bonchev–Trinajstić information content (AvgIpc) is 2.45. The minimum absolute atomic E-state index is 0.0798. The van der Waals surface area contributed by atoms with E-state index in [9.17, 15) is 14.9 Å². The monoisotopic (exact) mass is 275 g/mol. The van der Waals surface area contributed by atoms with E-state index in [0.29, 0.717) is 18.6 Å². The van der Waals surface area contributed by atoms with Gasteiger partial charge in [0.1, 0.15) is 0 Å². The molecule has 0 fully saturated rings. The van der Waals surface area contributed by atoms with Crippen molar-refractivity contribution in [2.24, 2.45) is 5.92 Å². The third kappa shape index (κ3) is 3.23. The lowest BCUT2D eigenvalue weighted by molar-refractivity contribution is -0.484. The van der Waals surface area contributed by atoms with E-state index in [1.54, 1.807) is 0 Å². The summed E-state index contributed by atoms with van der Waals surface area (Å²) in [5.41, 5.74) is 0.844. The van der Waals surface area contributed by atoms with Gasteiger partial charge in [0.2, 0.25) is 6.54 Å². The molecular formula is C15H17NO4. The van der Waals surface area contributed by atoms with Crippen molar-refractivity contribution in [3.05, 3.63) is 57.8 Å². The smallest absolute Gasteiger partial charge is 0.211 e. The molecule has 5 heteroatoms. The van der Waals surface area contributed by atoms with Gasteiger partial charge >= 0.3 is 0 Å². The average molecular weight is 275 g/mol. The maximum absolute atomic E-state index is 12.2. The highest BCUT2D eigenvalue weighted by atomic mass is 16.6. The van der Waals surface area contributed by atoms with Crippen LogP contribution in [0.4, 0.5) is 0 Å². The molecule has 2 rings (SSSR count). The predicted molar refractivity (Wildman–Crippen MR) is 73.9 cm³/mol. The second-order valence-electron chi connectivity index (χ2n) is 4.89. The molecule has 0 aliphatic heterocycles. The molecule has 0 aromatic heterocycles. The number of ether oxygens (including phenoxy) is 1. The maximum atomic E-state index is 12.2. The molecular weight excluding hydrogens is 258 g/mol. The van der Waals surface area contributed by atoms with E-state index in [0.717, 1.165) is 5.56 Å². The summed E-state index contributed by atoms with van der Waals surface area (Å²) in [6, 6.07) is 9.23. The van der Waals surface area contributed by atoms with Crippen LogP contribution in [-0.2, 0) is 9.53 Å². The molecule has 1 aliphatic carbocycles. The van der Waals surface area contributed by atoms with Gasteiger partial charge in [-0.15, -0.1) is 0 Å². The number of carbonyl (C=O) groups is 1. The van der Waals surface area contributed by atoms with Gasteiger partial charge in [-0.05, 0) is 12.0 Å². The highest BCUT2D eigenvalue weighted by Gasteiger charge is 2.34. The Labute approximate surface area is 117 Å². The summed E-state index contributed by atoms with van der Waals surface area (Å²) in [4.78, 5) is 22.7. The normalized spacial score (nSPS) is 20.1. The maximum Gasteiger partial charge on any atom is 0.211 e. The fourth-order valence-corrected chi connectivity index (χ4v) is 2.66. The second kappa shape index (κ2) is 6.32. The predicted octanol–water partition coefficient (Wildman–Crippen LogP) is 2.56. The van der Waals surface area contributed by atoms with Gasteiger partial charge < -0.3 is 4.74 Å². The molecule has 5 nitrogen and oxygen atoms in total. The Morgan fingerprint density at radius 3 is 2.65 bits per heavy atom. The third-order valence-corrected chi connectivity index (χ3v) is 3.69. The van der Waals surface area contributed by atoms with E-state index >= 15 is 0 Å². The van der Waals surface area contributed by atoms with Gasteiger partial charge in [-0.3, -0.25) is 14.9 Å². The van der Waals surface area contributed by atoms with Crippen molar-refractivity contribution in [2.45, 2.75) is 18.8 Å². The standard InChI is InChI=1S/C15H17NO4/c1-20-12-7-8-13(15(17)9-12)14(10-16(18)19)11-5-3-2-4-6-11/h2-6,9,13-14H,7-8,10H2,1H3. The Hall–Kier alpha value is -2.17. The fraction of sp³-hybridized carbons (Fsp3) is 0.400. The number of methoxy groups -OCH3 is 1. The van der Waals surface area contributed by atoms with Crippen molar-refractivity contribution >= 4 is 5.78 Å². The number of carbonyl (C=O) groups excluding carboxylic acids is 1. The first-order valence-electron chi connectivity index (χ1n) is 6.57. The van der Waals surface area contributed by atoms with E-state index in [1.165, 1.54) is 13.2 Å². The van der Waals surface area contributed by atoms with Gasteiger partial charge in [0.05, 0.1) is 18.8 Å². The first-order valence-corrected chi connectivity index (χ1v) is 6.57. The number of hydrogen-bond donors (Lipinski definition) is 0. The molecule has 106 valence electrons. The first-order chi connectivity index (χ1) is 9.61. The molecule has 0 bridgehead atoms. The van der Waals surface area contributed by atoms with Crippen molar-refractivity contribution in [2.75, 3.05) is 13.7 Å². The van der Waals surface area contributed by atoms with Crippen LogP contribution in [0.1, 0.15) is 24.3 Å². The van der Waals surface area contributed by atoms with Crippen molar-refractivity contribution in [3.63, 3.8) is 0 Å².